The van der Waals surface area contributed by atoms with Gasteiger partial charge in [-0.1, -0.05) is 30.3 Å². The first-order valence-corrected chi connectivity index (χ1v) is 8.86. The van der Waals surface area contributed by atoms with E-state index in [1.165, 1.54) is 47.5 Å². The van der Waals surface area contributed by atoms with E-state index in [9.17, 15) is 23.4 Å². The molecule has 1 aliphatic heterocycles. The molecule has 0 spiro atoms. The SMILES string of the molecule is Oc1ccc(C2=CC(c3ccc(O)cc3)N(c3ccccc3)N2C(F)(F)F)cc1. The zero-order valence-electron chi connectivity index (χ0n) is 15.1. The molecule has 1 heterocycles. The van der Waals surface area contributed by atoms with Gasteiger partial charge in [-0.15, -0.1) is 13.2 Å². The Morgan fingerprint density at radius 1 is 0.724 bits per heavy atom. The maximum Gasteiger partial charge on any atom is 0.503 e. The standard InChI is InChI=1S/C22H17F3N2O2/c23-22(24,25)27-21(16-8-12-19(29)13-9-16)14-20(15-6-10-18(28)11-7-15)26(27)17-4-2-1-3-5-17/h1-14,20,28-29H. The van der Waals surface area contributed by atoms with Crippen LogP contribution in [0.5, 0.6) is 11.5 Å². The molecule has 0 aromatic heterocycles. The average Bonchev–Trinajstić information content (AvgIpc) is 3.11. The lowest BCUT2D eigenvalue weighted by molar-refractivity contribution is -0.224. The molecule has 0 saturated carbocycles. The van der Waals surface area contributed by atoms with Gasteiger partial charge in [0.2, 0.25) is 0 Å². The molecular formula is C22H17F3N2O2. The molecule has 4 rings (SSSR count). The van der Waals surface area contributed by atoms with Gasteiger partial charge >= 0.3 is 6.30 Å². The van der Waals surface area contributed by atoms with Crippen LogP contribution >= 0.6 is 0 Å². The number of aromatic hydroxyl groups is 2. The first-order chi connectivity index (χ1) is 13.8. The Morgan fingerprint density at radius 3 is 1.83 bits per heavy atom. The monoisotopic (exact) mass is 398 g/mol. The summed E-state index contributed by atoms with van der Waals surface area (Å²) >= 11 is 0. The number of rotatable bonds is 3. The number of benzene rings is 3. The fourth-order valence-electron chi connectivity index (χ4n) is 3.41. The molecule has 4 nitrogen and oxygen atoms in total. The Labute approximate surface area is 165 Å². The molecule has 0 bridgehead atoms. The highest BCUT2D eigenvalue weighted by Crippen LogP contribution is 2.46. The molecule has 2 N–H and O–H groups in total. The minimum Gasteiger partial charge on any atom is -0.508 e. The van der Waals surface area contributed by atoms with Crippen LogP contribution in [0.15, 0.2) is 84.9 Å². The summed E-state index contributed by atoms with van der Waals surface area (Å²) in [7, 11) is 0. The summed E-state index contributed by atoms with van der Waals surface area (Å²) in [6, 6.07) is 19.3. The summed E-state index contributed by atoms with van der Waals surface area (Å²) < 4.78 is 42.7. The highest BCUT2D eigenvalue weighted by atomic mass is 19.4. The lowest BCUT2D eigenvalue weighted by Gasteiger charge is -2.38. The number of hydrogen-bond donors (Lipinski definition) is 2. The van der Waals surface area contributed by atoms with E-state index in [-0.39, 0.29) is 17.2 Å². The van der Waals surface area contributed by atoms with Crippen LogP contribution in [0.25, 0.3) is 5.70 Å². The van der Waals surface area contributed by atoms with Gasteiger partial charge in [0.1, 0.15) is 11.5 Å². The molecule has 1 aliphatic rings. The third kappa shape index (κ3) is 3.59. The van der Waals surface area contributed by atoms with Crippen LogP contribution in [0.3, 0.4) is 0 Å². The molecule has 1 atom stereocenters. The van der Waals surface area contributed by atoms with Gasteiger partial charge in [0.25, 0.3) is 0 Å². The minimum atomic E-state index is -4.69. The van der Waals surface area contributed by atoms with Crippen molar-refractivity contribution in [2.75, 3.05) is 5.01 Å². The van der Waals surface area contributed by atoms with Crippen molar-refractivity contribution in [3.05, 3.63) is 96.1 Å². The van der Waals surface area contributed by atoms with Crippen molar-refractivity contribution in [3.63, 3.8) is 0 Å². The second-order valence-corrected chi connectivity index (χ2v) is 6.59. The number of phenols is 2. The Kier molecular flexibility index (Phi) is 4.58. The fourth-order valence-corrected chi connectivity index (χ4v) is 3.41. The topological polar surface area (TPSA) is 46.9 Å². The van der Waals surface area contributed by atoms with Crippen molar-refractivity contribution in [2.45, 2.75) is 12.3 Å². The molecule has 148 valence electrons. The molecule has 3 aromatic carbocycles. The zero-order chi connectivity index (χ0) is 20.6. The van der Waals surface area contributed by atoms with Gasteiger partial charge in [0, 0.05) is 5.56 Å². The lowest BCUT2D eigenvalue weighted by Crippen LogP contribution is -2.47. The molecule has 3 aromatic rings. The summed E-state index contributed by atoms with van der Waals surface area (Å²) in [6.45, 7) is 0. The van der Waals surface area contributed by atoms with Crippen molar-refractivity contribution in [3.8, 4) is 11.5 Å². The van der Waals surface area contributed by atoms with E-state index in [1.807, 2.05) is 0 Å². The smallest absolute Gasteiger partial charge is 0.503 e. The fraction of sp³-hybridized carbons (Fsp3) is 0.0909. The highest BCUT2D eigenvalue weighted by molar-refractivity contribution is 5.73. The second-order valence-electron chi connectivity index (χ2n) is 6.59. The number of nitrogens with zero attached hydrogens (tertiary/aromatic N) is 2. The Balaban J connectivity index is 1.90. The Bertz CT molecular complexity index is 1020. The van der Waals surface area contributed by atoms with Crippen LogP contribution in [-0.4, -0.2) is 21.5 Å². The maximum atomic E-state index is 14.2. The van der Waals surface area contributed by atoms with E-state index in [0.717, 1.165) is 0 Å². The van der Waals surface area contributed by atoms with E-state index in [2.05, 4.69) is 0 Å². The molecule has 0 saturated heterocycles. The normalized spacial score (nSPS) is 16.8. The predicted molar refractivity (Wildman–Crippen MR) is 104 cm³/mol. The van der Waals surface area contributed by atoms with Crippen LogP contribution in [0.4, 0.5) is 18.9 Å². The first-order valence-electron chi connectivity index (χ1n) is 8.86. The number of hydrazine groups is 1. The largest absolute Gasteiger partial charge is 0.508 e. The average molecular weight is 398 g/mol. The zero-order valence-corrected chi connectivity index (χ0v) is 15.1. The van der Waals surface area contributed by atoms with Crippen molar-refractivity contribution in [2.24, 2.45) is 0 Å². The molecule has 0 amide bonds. The third-order valence-corrected chi connectivity index (χ3v) is 4.68. The van der Waals surface area contributed by atoms with Gasteiger partial charge in [-0.05, 0) is 60.2 Å². The molecular weight excluding hydrogens is 381 g/mol. The second kappa shape index (κ2) is 7.09. The molecule has 29 heavy (non-hydrogen) atoms. The molecule has 0 fully saturated rings. The van der Waals surface area contributed by atoms with Crippen LogP contribution in [0.2, 0.25) is 0 Å². The summed E-state index contributed by atoms with van der Waals surface area (Å²) in [5.41, 5.74) is 1.24. The van der Waals surface area contributed by atoms with Crippen LogP contribution in [0, 0.1) is 0 Å². The quantitative estimate of drug-likeness (QED) is 0.577. The molecule has 7 heteroatoms. The molecule has 0 aliphatic carbocycles. The van der Waals surface area contributed by atoms with E-state index >= 15 is 0 Å². The summed E-state index contributed by atoms with van der Waals surface area (Å²) in [6.07, 6.45) is -3.16. The van der Waals surface area contributed by atoms with Crippen LogP contribution < -0.4 is 5.01 Å². The molecule has 0 radical (unpaired) electrons. The molecule has 1 unspecified atom stereocenters. The van der Waals surface area contributed by atoms with Crippen molar-refractivity contribution >= 4 is 11.4 Å². The summed E-state index contributed by atoms with van der Waals surface area (Å²) in [4.78, 5) is 0. The van der Waals surface area contributed by atoms with Crippen LogP contribution in [-0.2, 0) is 0 Å². The Morgan fingerprint density at radius 2 is 1.28 bits per heavy atom. The van der Waals surface area contributed by atoms with Gasteiger partial charge in [-0.3, -0.25) is 5.01 Å². The van der Waals surface area contributed by atoms with E-state index in [4.69, 9.17) is 0 Å². The van der Waals surface area contributed by atoms with Gasteiger partial charge in [-0.25, -0.2) is 0 Å². The van der Waals surface area contributed by atoms with Crippen LogP contribution in [0.1, 0.15) is 17.2 Å². The maximum absolute atomic E-state index is 14.2. The van der Waals surface area contributed by atoms with E-state index < -0.39 is 12.3 Å². The highest BCUT2D eigenvalue weighted by Gasteiger charge is 2.49. The number of hydrogen-bond acceptors (Lipinski definition) is 4. The van der Waals surface area contributed by atoms with E-state index in [0.29, 0.717) is 21.8 Å². The van der Waals surface area contributed by atoms with Gasteiger partial charge < -0.3 is 10.2 Å². The van der Waals surface area contributed by atoms with Gasteiger partial charge in [0.05, 0.1) is 17.4 Å². The summed E-state index contributed by atoms with van der Waals surface area (Å²) in [5, 5.41) is 20.6. The first kappa shape index (κ1) is 18.7. The minimum absolute atomic E-state index is 0.0269. The summed E-state index contributed by atoms with van der Waals surface area (Å²) in [5.74, 6) is 0.00864. The Hall–Kier alpha value is -3.61. The number of anilines is 1. The number of phenolic OH excluding ortho intramolecular Hbond substituents is 2. The van der Waals surface area contributed by atoms with Crippen molar-refractivity contribution in [1.82, 2.24) is 5.01 Å². The van der Waals surface area contributed by atoms with Crippen molar-refractivity contribution in [1.29, 1.82) is 0 Å². The number of alkyl halides is 3. The lowest BCUT2D eigenvalue weighted by atomic mass is 10.0. The third-order valence-electron chi connectivity index (χ3n) is 4.68. The van der Waals surface area contributed by atoms with E-state index in [1.54, 1.807) is 42.5 Å². The van der Waals surface area contributed by atoms with Gasteiger partial charge in [-0.2, -0.15) is 5.01 Å². The number of halogens is 3. The predicted octanol–water partition coefficient (Wildman–Crippen LogP) is 5.44. The van der Waals surface area contributed by atoms with Crippen molar-refractivity contribution < 1.29 is 23.4 Å². The number of para-hydroxylation sites is 1. The van der Waals surface area contributed by atoms with Gasteiger partial charge in [0.15, 0.2) is 0 Å².